The van der Waals surface area contributed by atoms with Gasteiger partial charge in [-0.1, -0.05) is 20.8 Å². The second kappa shape index (κ2) is 5.82. The quantitative estimate of drug-likeness (QED) is 0.738. The largest absolute Gasteiger partial charge is 0.342 e. The Morgan fingerprint density at radius 1 is 1.26 bits per heavy atom. The van der Waals surface area contributed by atoms with Crippen molar-refractivity contribution in [3.8, 4) is 0 Å². The minimum Gasteiger partial charge on any atom is -0.342 e. The molecule has 19 heavy (non-hydrogen) atoms. The summed E-state index contributed by atoms with van der Waals surface area (Å²) in [5.41, 5.74) is 0.348. The average Bonchev–Trinajstić information content (AvgIpc) is 2.96. The fourth-order valence-corrected chi connectivity index (χ4v) is 2.72. The molecule has 0 aromatic rings. The van der Waals surface area contributed by atoms with Gasteiger partial charge in [0.1, 0.15) is 0 Å². The van der Waals surface area contributed by atoms with Crippen LogP contribution in [0.4, 0.5) is 0 Å². The van der Waals surface area contributed by atoms with E-state index in [9.17, 15) is 4.79 Å². The smallest absolute Gasteiger partial charge is 0.222 e. The molecule has 1 saturated heterocycles. The molecule has 1 heterocycles. The number of nitrogens with zero attached hydrogens (tertiary/aromatic N) is 2. The van der Waals surface area contributed by atoms with E-state index < -0.39 is 0 Å². The summed E-state index contributed by atoms with van der Waals surface area (Å²) in [5.74, 6) is 2.00. The SMILES string of the molecule is CN(CCCC(=O)N1CC(C(C)(C)C)C1)CC1CC1. The van der Waals surface area contributed by atoms with Crippen molar-refractivity contribution >= 4 is 5.91 Å². The van der Waals surface area contributed by atoms with Gasteiger partial charge in [0, 0.05) is 26.1 Å². The van der Waals surface area contributed by atoms with Crippen LogP contribution in [0.1, 0.15) is 46.5 Å². The van der Waals surface area contributed by atoms with Crippen LogP contribution in [0, 0.1) is 17.3 Å². The summed E-state index contributed by atoms with van der Waals surface area (Å²) in [6.45, 7) is 11.0. The molecule has 0 spiro atoms. The Bertz CT molecular complexity index is 311. The number of rotatable bonds is 6. The number of carbonyl (C=O) groups is 1. The molecule has 0 bridgehead atoms. The van der Waals surface area contributed by atoms with E-state index in [2.05, 4.69) is 32.7 Å². The zero-order valence-corrected chi connectivity index (χ0v) is 13.1. The van der Waals surface area contributed by atoms with Crippen molar-refractivity contribution in [1.29, 1.82) is 0 Å². The highest BCUT2D eigenvalue weighted by atomic mass is 16.2. The third kappa shape index (κ3) is 4.48. The predicted molar refractivity (Wildman–Crippen MR) is 79.0 cm³/mol. The van der Waals surface area contributed by atoms with Gasteiger partial charge >= 0.3 is 0 Å². The molecule has 1 aliphatic heterocycles. The van der Waals surface area contributed by atoms with E-state index in [1.54, 1.807) is 0 Å². The molecule has 1 saturated carbocycles. The fourth-order valence-electron chi connectivity index (χ4n) is 2.72. The molecule has 0 aromatic carbocycles. The van der Waals surface area contributed by atoms with Crippen molar-refractivity contribution in [3.63, 3.8) is 0 Å². The highest BCUT2D eigenvalue weighted by molar-refractivity contribution is 5.77. The van der Waals surface area contributed by atoms with Crippen LogP contribution in [0.3, 0.4) is 0 Å². The standard InChI is InChI=1S/C16H30N2O/c1-16(2,3)14-11-18(12-14)15(19)6-5-9-17(4)10-13-7-8-13/h13-14H,5-12H2,1-4H3. The lowest BCUT2D eigenvalue weighted by Gasteiger charge is -2.46. The lowest BCUT2D eigenvalue weighted by Crippen LogP contribution is -2.54. The van der Waals surface area contributed by atoms with E-state index in [4.69, 9.17) is 0 Å². The van der Waals surface area contributed by atoms with Gasteiger partial charge in [-0.3, -0.25) is 4.79 Å². The molecule has 0 N–H and O–H groups in total. The molecule has 2 rings (SSSR count). The van der Waals surface area contributed by atoms with E-state index in [1.165, 1.54) is 19.4 Å². The molecule has 0 unspecified atom stereocenters. The van der Waals surface area contributed by atoms with Crippen molar-refractivity contribution in [1.82, 2.24) is 9.80 Å². The van der Waals surface area contributed by atoms with Crippen LogP contribution in [-0.2, 0) is 4.79 Å². The summed E-state index contributed by atoms with van der Waals surface area (Å²) in [4.78, 5) is 16.4. The van der Waals surface area contributed by atoms with Gasteiger partial charge in [0.2, 0.25) is 5.91 Å². The van der Waals surface area contributed by atoms with Gasteiger partial charge < -0.3 is 9.80 Å². The Morgan fingerprint density at radius 2 is 1.89 bits per heavy atom. The van der Waals surface area contributed by atoms with Crippen molar-refractivity contribution in [2.24, 2.45) is 17.3 Å². The third-order valence-corrected chi connectivity index (χ3v) is 4.66. The number of hydrogen-bond donors (Lipinski definition) is 0. The Hall–Kier alpha value is -0.570. The summed E-state index contributed by atoms with van der Waals surface area (Å²) < 4.78 is 0. The summed E-state index contributed by atoms with van der Waals surface area (Å²) in [6, 6.07) is 0. The van der Waals surface area contributed by atoms with E-state index in [0.29, 0.717) is 17.2 Å². The van der Waals surface area contributed by atoms with Gasteiger partial charge in [-0.05, 0) is 50.1 Å². The van der Waals surface area contributed by atoms with Crippen LogP contribution in [0.15, 0.2) is 0 Å². The normalized spacial score (nSPS) is 20.8. The maximum absolute atomic E-state index is 12.0. The van der Waals surface area contributed by atoms with Gasteiger partial charge in [-0.25, -0.2) is 0 Å². The van der Waals surface area contributed by atoms with Gasteiger partial charge in [0.05, 0.1) is 0 Å². The molecule has 1 amide bonds. The van der Waals surface area contributed by atoms with Gasteiger partial charge in [-0.2, -0.15) is 0 Å². The average molecular weight is 266 g/mol. The summed E-state index contributed by atoms with van der Waals surface area (Å²) in [5, 5.41) is 0. The van der Waals surface area contributed by atoms with Crippen LogP contribution in [0.5, 0.6) is 0 Å². The second-order valence-corrected chi connectivity index (χ2v) is 7.67. The highest BCUT2D eigenvalue weighted by Crippen LogP contribution is 2.33. The molecule has 110 valence electrons. The zero-order chi connectivity index (χ0) is 14.0. The molecular formula is C16H30N2O. The van der Waals surface area contributed by atoms with E-state index in [1.807, 2.05) is 4.90 Å². The molecule has 3 nitrogen and oxygen atoms in total. The van der Waals surface area contributed by atoms with Crippen LogP contribution < -0.4 is 0 Å². The number of likely N-dealkylation sites (tertiary alicyclic amines) is 1. The maximum atomic E-state index is 12.0. The molecule has 0 atom stereocenters. The summed E-state index contributed by atoms with van der Waals surface area (Å²) in [6.07, 6.45) is 4.56. The number of carbonyl (C=O) groups excluding carboxylic acids is 1. The van der Waals surface area contributed by atoms with E-state index in [0.717, 1.165) is 38.4 Å². The van der Waals surface area contributed by atoms with Crippen molar-refractivity contribution in [2.75, 3.05) is 33.2 Å². The van der Waals surface area contributed by atoms with Crippen molar-refractivity contribution in [2.45, 2.75) is 46.5 Å². The molecule has 2 fully saturated rings. The topological polar surface area (TPSA) is 23.6 Å². The van der Waals surface area contributed by atoms with Crippen molar-refractivity contribution < 1.29 is 4.79 Å². The van der Waals surface area contributed by atoms with E-state index >= 15 is 0 Å². The molecular weight excluding hydrogens is 236 g/mol. The first kappa shape index (κ1) is 14.8. The Labute approximate surface area is 118 Å². The molecule has 3 heteroatoms. The summed E-state index contributed by atoms with van der Waals surface area (Å²) >= 11 is 0. The number of amides is 1. The first-order valence-corrected chi connectivity index (χ1v) is 7.82. The second-order valence-electron chi connectivity index (χ2n) is 7.67. The summed E-state index contributed by atoms with van der Waals surface area (Å²) in [7, 11) is 2.18. The van der Waals surface area contributed by atoms with Crippen LogP contribution in [-0.4, -0.2) is 48.9 Å². The monoisotopic (exact) mass is 266 g/mol. The first-order valence-electron chi connectivity index (χ1n) is 7.82. The number of hydrogen-bond acceptors (Lipinski definition) is 2. The Balaban J connectivity index is 1.55. The Morgan fingerprint density at radius 3 is 2.42 bits per heavy atom. The van der Waals surface area contributed by atoms with Gasteiger partial charge in [0.25, 0.3) is 0 Å². The fraction of sp³-hybridized carbons (Fsp3) is 0.938. The van der Waals surface area contributed by atoms with Crippen LogP contribution in [0.25, 0.3) is 0 Å². The predicted octanol–water partition coefficient (Wildman–Crippen LogP) is 2.61. The molecule has 0 aromatic heterocycles. The minimum atomic E-state index is 0.348. The third-order valence-electron chi connectivity index (χ3n) is 4.66. The lowest BCUT2D eigenvalue weighted by molar-refractivity contribution is -0.140. The van der Waals surface area contributed by atoms with Gasteiger partial charge in [-0.15, -0.1) is 0 Å². The van der Waals surface area contributed by atoms with Crippen LogP contribution in [0.2, 0.25) is 0 Å². The van der Waals surface area contributed by atoms with Crippen LogP contribution >= 0.6 is 0 Å². The lowest BCUT2D eigenvalue weighted by atomic mass is 9.76. The minimum absolute atomic E-state index is 0.348. The highest BCUT2D eigenvalue weighted by Gasteiger charge is 2.37. The Kier molecular flexibility index (Phi) is 4.54. The zero-order valence-electron chi connectivity index (χ0n) is 13.1. The van der Waals surface area contributed by atoms with Gasteiger partial charge in [0.15, 0.2) is 0 Å². The maximum Gasteiger partial charge on any atom is 0.222 e. The molecule has 0 radical (unpaired) electrons. The van der Waals surface area contributed by atoms with Crippen molar-refractivity contribution in [3.05, 3.63) is 0 Å². The molecule has 1 aliphatic carbocycles. The van der Waals surface area contributed by atoms with E-state index in [-0.39, 0.29) is 0 Å². The molecule has 2 aliphatic rings. The first-order chi connectivity index (χ1) is 8.86.